The van der Waals surface area contributed by atoms with E-state index in [1.165, 1.54) is 18.3 Å². The number of carbonyl (C=O) groups is 2. The Morgan fingerprint density at radius 2 is 1.89 bits per heavy atom. The normalized spacial score (nSPS) is 10.0. The Bertz CT molecular complexity index is 619. The summed E-state index contributed by atoms with van der Waals surface area (Å²) >= 11 is 1.19. The Balaban J connectivity index is 2.13. The minimum Gasteiger partial charge on any atom is -0.497 e. The van der Waals surface area contributed by atoms with Crippen LogP contribution in [0.2, 0.25) is 0 Å². The zero-order valence-corrected chi connectivity index (χ0v) is 11.4. The van der Waals surface area contributed by atoms with Gasteiger partial charge >= 0.3 is 0 Å². The van der Waals surface area contributed by atoms with Crippen LogP contribution in [0.25, 0.3) is 0 Å². The van der Waals surface area contributed by atoms with Gasteiger partial charge in [-0.15, -0.1) is 11.3 Å². The van der Waals surface area contributed by atoms with Gasteiger partial charge in [-0.1, -0.05) is 6.07 Å². The summed E-state index contributed by atoms with van der Waals surface area (Å²) in [6.07, 6.45) is 0. The predicted octanol–water partition coefficient (Wildman–Crippen LogP) is 3.21. The molecule has 0 aliphatic heterocycles. The lowest BCUT2D eigenvalue weighted by Crippen LogP contribution is -2.09. The first kappa shape index (κ1) is 13.3. The maximum Gasteiger partial charge on any atom is 0.265 e. The van der Waals surface area contributed by atoms with Crippen LogP contribution in [0.3, 0.4) is 0 Å². The van der Waals surface area contributed by atoms with Crippen molar-refractivity contribution in [3.8, 4) is 5.75 Å². The molecule has 1 aromatic carbocycles. The maximum absolute atomic E-state index is 12.0. The number of Topliss-reactive ketones (excluding diaryl/α,β-unsaturated/α-hetero) is 1. The molecule has 0 fully saturated rings. The van der Waals surface area contributed by atoms with Crippen molar-refractivity contribution in [3.63, 3.8) is 0 Å². The molecule has 19 heavy (non-hydrogen) atoms. The molecule has 1 aromatic heterocycles. The molecule has 0 saturated carbocycles. The third-order valence-corrected chi connectivity index (χ3v) is 3.69. The van der Waals surface area contributed by atoms with Gasteiger partial charge in [0.1, 0.15) is 5.75 Å². The van der Waals surface area contributed by atoms with E-state index in [9.17, 15) is 9.59 Å². The molecule has 1 heterocycles. The zero-order valence-electron chi connectivity index (χ0n) is 10.6. The number of nitrogens with one attached hydrogen (secondary N) is 1. The van der Waals surface area contributed by atoms with Crippen molar-refractivity contribution in [1.29, 1.82) is 0 Å². The van der Waals surface area contributed by atoms with Crippen LogP contribution < -0.4 is 10.1 Å². The van der Waals surface area contributed by atoms with Gasteiger partial charge in [0.2, 0.25) is 0 Å². The lowest BCUT2D eigenvalue weighted by molar-refractivity contribution is 0.101. The predicted molar refractivity (Wildman–Crippen MR) is 75.3 cm³/mol. The summed E-state index contributed by atoms with van der Waals surface area (Å²) in [7, 11) is 1.57. The molecule has 0 spiro atoms. The summed E-state index contributed by atoms with van der Waals surface area (Å²) in [6.45, 7) is 1.48. The smallest absolute Gasteiger partial charge is 0.265 e. The van der Waals surface area contributed by atoms with E-state index in [2.05, 4.69) is 5.32 Å². The van der Waals surface area contributed by atoms with Gasteiger partial charge in [-0.25, -0.2) is 0 Å². The fraction of sp³-hybridized carbons (Fsp3) is 0.143. The Labute approximate surface area is 115 Å². The summed E-state index contributed by atoms with van der Waals surface area (Å²) in [6, 6.07) is 10.4. The van der Waals surface area contributed by atoms with E-state index in [4.69, 9.17) is 4.74 Å². The van der Waals surface area contributed by atoms with Crippen LogP contribution in [-0.2, 0) is 0 Å². The molecule has 0 atom stereocenters. The van der Waals surface area contributed by atoms with Crippen LogP contribution in [0, 0.1) is 0 Å². The van der Waals surface area contributed by atoms with Gasteiger partial charge in [-0.2, -0.15) is 0 Å². The summed E-state index contributed by atoms with van der Waals surface area (Å²) < 4.78 is 5.08. The Morgan fingerprint density at radius 3 is 2.53 bits per heavy atom. The molecule has 0 saturated heterocycles. The highest BCUT2D eigenvalue weighted by Gasteiger charge is 2.11. The van der Waals surface area contributed by atoms with Gasteiger partial charge < -0.3 is 10.1 Å². The first-order valence-corrected chi connectivity index (χ1v) is 6.48. The molecule has 0 aliphatic rings. The number of benzene rings is 1. The molecule has 4 nitrogen and oxygen atoms in total. The SMILES string of the molecule is COc1cccc(NC(=O)c2ccc(C(C)=O)s2)c1. The fourth-order valence-corrected chi connectivity index (χ4v) is 2.34. The van der Waals surface area contributed by atoms with Crippen molar-refractivity contribution >= 4 is 28.7 Å². The number of methoxy groups -OCH3 is 1. The van der Waals surface area contributed by atoms with Crippen molar-refractivity contribution in [2.24, 2.45) is 0 Å². The summed E-state index contributed by atoms with van der Waals surface area (Å²) in [5.41, 5.74) is 0.655. The minimum absolute atomic E-state index is 0.0366. The summed E-state index contributed by atoms with van der Waals surface area (Å²) in [5.74, 6) is 0.407. The van der Waals surface area contributed by atoms with Gasteiger partial charge in [0, 0.05) is 11.8 Å². The summed E-state index contributed by atoms with van der Waals surface area (Å²) in [5, 5.41) is 2.77. The molecule has 1 N–H and O–H groups in total. The lowest BCUT2D eigenvalue weighted by atomic mass is 10.3. The zero-order chi connectivity index (χ0) is 13.8. The first-order chi connectivity index (χ1) is 9.10. The van der Waals surface area contributed by atoms with Crippen molar-refractivity contribution in [2.45, 2.75) is 6.92 Å². The number of rotatable bonds is 4. The molecule has 2 aromatic rings. The quantitative estimate of drug-likeness (QED) is 0.872. The van der Waals surface area contributed by atoms with E-state index in [1.807, 2.05) is 0 Å². The number of ether oxygens (including phenoxy) is 1. The number of carbonyl (C=O) groups excluding carboxylic acids is 2. The average molecular weight is 275 g/mol. The molecule has 98 valence electrons. The van der Waals surface area contributed by atoms with Crippen molar-refractivity contribution in [3.05, 3.63) is 46.2 Å². The molecular weight excluding hydrogens is 262 g/mol. The largest absolute Gasteiger partial charge is 0.497 e. The summed E-state index contributed by atoms with van der Waals surface area (Å²) in [4.78, 5) is 24.3. The molecule has 0 aliphatic carbocycles. The first-order valence-electron chi connectivity index (χ1n) is 5.66. The van der Waals surface area contributed by atoms with Gasteiger partial charge in [0.05, 0.1) is 16.9 Å². The van der Waals surface area contributed by atoms with Crippen molar-refractivity contribution < 1.29 is 14.3 Å². The van der Waals surface area contributed by atoms with Gasteiger partial charge in [-0.05, 0) is 31.2 Å². The third-order valence-electron chi connectivity index (χ3n) is 2.50. The van der Waals surface area contributed by atoms with Crippen LogP contribution >= 0.6 is 11.3 Å². The van der Waals surface area contributed by atoms with E-state index in [0.29, 0.717) is 21.2 Å². The van der Waals surface area contributed by atoms with E-state index in [0.717, 1.165) is 0 Å². The molecule has 1 amide bonds. The van der Waals surface area contributed by atoms with E-state index < -0.39 is 0 Å². The second kappa shape index (κ2) is 5.67. The highest BCUT2D eigenvalue weighted by molar-refractivity contribution is 7.16. The van der Waals surface area contributed by atoms with E-state index in [-0.39, 0.29) is 11.7 Å². The second-order valence-corrected chi connectivity index (χ2v) is 4.99. The molecule has 0 radical (unpaired) electrons. The molecule has 0 bridgehead atoms. The second-order valence-electron chi connectivity index (χ2n) is 3.91. The topological polar surface area (TPSA) is 55.4 Å². The standard InChI is InChI=1S/C14H13NO3S/c1-9(16)12-6-7-13(19-12)14(17)15-10-4-3-5-11(8-10)18-2/h3-8H,1-2H3,(H,15,17). The highest BCUT2D eigenvalue weighted by atomic mass is 32.1. The van der Waals surface area contributed by atoms with Gasteiger partial charge in [0.15, 0.2) is 5.78 Å². The Hall–Kier alpha value is -2.14. The maximum atomic E-state index is 12.0. The minimum atomic E-state index is -0.231. The number of thiophene rings is 1. The van der Waals surface area contributed by atoms with E-state index >= 15 is 0 Å². The Kier molecular flexibility index (Phi) is 3.97. The number of amides is 1. The van der Waals surface area contributed by atoms with Gasteiger partial charge in [0.25, 0.3) is 5.91 Å². The van der Waals surface area contributed by atoms with Crippen molar-refractivity contribution in [1.82, 2.24) is 0 Å². The fourth-order valence-electron chi connectivity index (χ4n) is 1.54. The highest BCUT2D eigenvalue weighted by Crippen LogP contribution is 2.21. The van der Waals surface area contributed by atoms with Gasteiger partial charge in [-0.3, -0.25) is 9.59 Å². The molecular formula is C14H13NO3S. The monoisotopic (exact) mass is 275 g/mol. The van der Waals surface area contributed by atoms with Crippen LogP contribution in [0.5, 0.6) is 5.75 Å². The average Bonchev–Trinajstić information content (AvgIpc) is 2.89. The Morgan fingerprint density at radius 1 is 1.16 bits per heavy atom. The number of hydrogen-bond donors (Lipinski definition) is 1. The third kappa shape index (κ3) is 3.20. The molecule has 0 unspecified atom stereocenters. The number of ketones is 1. The number of hydrogen-bond acceptors (Lipinski definition) is 4. The van der Waals surface area contributed by atoms with Crippen LogP contribution in [0.4, 0.5) is 5.69 Å². The lowest BCUT2D eigenvalue weighted by Gasteiger charge is -2.05. The number of anilines is 1. The van der Waals surface area contributed by atoms with Crippen LogP contribution in [0.1, 0.15) is 26.3 Å². The molecule has 2 rings (SSSR count). The van der Waals surface area contributed by atoms with Crippen LogP contribution in [0.15, 0.2) is 36.4 Å². The van der Waals surface area contributed by atoms with Crippen molar-refractivity contribution in [2.75, 3.05) is 12.4 Å². The van der Waals surface area contributed by atoms with E-state index in [1.54, 1.807) is 43.5 Å². The molecule has 5 heteroatoms. The van der Waals surface area contributed by atoms with Crippen LogP contribution in [-0.4, -0.2) is 18.8 Å².